The van der Waals surface area contributed by atoms with Gasteiger partial charge >= 0.3 is 14.1 Å². The first-order valence-electron chi connectivity index (χ1n) is 5.62. The van der Waals surface area contributed by atoms with Gasteiger partial charge in [-0.2, -0.15) is 0 Å². The average Bonchev–Trinajstić information content (AvgIpc) is 2.38. The van der Waals surface area contributed by atoms with E-state index in [9.17, 15) is 0 Å². The zero-order chi connectivity index (χ0) is 11.2. The molecule has 0 aliphatic carbocycles. The fourth-order valence-corrected chi connectivity index (χ4v) is 4.64. The highest BCUT2D eigenvalue weighted by Crippen LogP contribution is 1.98. The van der Waals surface area contributed by atoms with Crippen LogP contribution in [0.2, 0.25) is 5.28 Å². The monoisotopic (exact) mass is 222 g/mol. The van der Waals surface area contributed by atoms with Gasteiger partial charge in [-0.3, -0.25) is 0 Å². The molecule has 0 nitrogen and oxygen atoms in total. The summed E-state index contributed by atoms with van der Waals surface area (Å²) in [5.41, 5.74) is 0. The second kappa shape index (κ2) is 5.70. The van der Waals surface area contributed by atoms with Gasteiger partial charge in [0.2, 0.25) is 0 Å². The predicted octanol–water partition coefficient (Wildman–Crippen LogP) is 2.48. The molecule has 0 aromatic heterocycles. The van der Waals surface area contributed by atoms with E-state index in [2.05, 4.69) is 73.3 Å². The summed E-state index contributed by atoms with van der Waals surface area (Å²) in [5.74, 6) is 0. The molecule has 0 heterocycles. The molecule has 2 rings (SSSR count). The van der Waals surface area contributed by atoms with Gasteiger partial charge in [0.25, 0.3) is 0 Å². The van der Waals surface area contributed by atoms with Crippen LogP contribution in [0, 0.1) is 0 Å². The van der Waals surface area contributed by atoms with E-state index >= 15 is 0 Å². The van der Waals surface area contributed by atoms with E-state index in [0.717, 1.165) is 5.28 Å². The summed E-state index contributed by atoms with van der Waals surface area (Å²) >= 11 is -1.07. The Morgan fingerprint density at radius 3 is 1.62 bits per heavy atom. The number of rotatable bonds is 4. The molecule has 0 fully saturated rings. The molecular weight excluding hydrogens is 207 g/mol. The molecule has 2 aromatic carbocycles. The van der Waals surface area contributed by atoms with Gasteiger partial charge in [-0.05, 0) is 0 Å². The lowest BCUT2D eigenvalue weighted by atomic mass is 10.4. The van der Waals surface area contributed by atoms with Crippen LogP contribution in [0.25, 0.3) is 0 Å². The first kappa shape index (κ1) is 11.2. The summed E-state index contributed by atoms with van der Waals surface area (Å²) < 4.78 is 2.99. The van der Waals surface area contributed by atoms with Gasteiger partial charge in [0.05, 0.1) is 0 Å². The molecule has 1 heteroatoms. The molecule has 0 saturated heterocycles. The molecule has 0 saturated carbocycles. The van der Waals surface area contributed by atoms with Crippen molar-refractivity contribution in [3.8, 4) is 0 Å². The highest BCUT2D eigenvalue weighted by atomic mass is 27.2. The van der Waals surface area contributed by atoms with Crippen LogP contribution in [0.5, 0.6) is 0 Å². The quantitative estimate of drug-likeness (QED) is 0.550. The largest absolute Gasteiger partial charge is 0.349 e. The lowest BCUT2D eigenvalue weighted by molar-refractivity contribution is 1.63. The standard InChI is InChI=1S/2C6H5.C3H5.Al/c2*1-2-4-6-5-3-1;1-3-2;/h2*1-5H;3H,1-2H2;. The Hall–Kier alpha value is -1.29. The molecule has 0 amide bonds. The smallest absolute Gasteiger partial charge is 0.104 e. The van der Waals surface area contributed by atoms with Crippen LogP contribution < -0.4 is 8.85 Å². The molecule has 0 radical (unpaired) electrons. The van der Waals surface area contributed by atoms with Crippen LogP contribution in [0.3, 0.4) is 0 Å². The van der Waals surface area contributed by atoms with Crippen molar-refractivity contribution in [1.82, 2.24) is 0 Å². The summed E-state index contributed by atoms with van der Waals surface area (Å²) in [7, 11) is 0. The molecule has 0 aliphatic heterocycles. The van der Waals surface area contributed by atoms with E-state index in [0.29, 0.717) is 0 Å². The van der Waals surface area contributed by atoms with Gasteiger partial charge in [-0.15, -0.1) is 21.5 Å². The van der Waals surface area contributed by atoms with Crippen LogP contribution in [-0.2, 0) is 0 Å². The van der Waals surface area contributed by atoms with Crippen LogP contribution in [0.1, 0.15) is 0 Å². The molecule has 16 heavy (non-hydrogen) atoms. The molecular formula is C15H15Al. The highest BCUT2D eigenvalue weighted by molar-refractivity contribution is 6.85. The summed E-state index contributed by atoms with van der Waals surface area (Å²) in [6.07, 6.45) is 2.05. The van der Waals surface area contributed by atoms with Crippen molar-refractivity contribution < 1.29 is 0 Å². The molecule has 0 bridgehead atoms. The number of allylic oxidation sites excluding steroid dienone is 1. The van der Waals surface area contributed by atoms with E-state index < -0.39 is 14.1 Å². The van der Waals surface area contributed by atoms with Gasteiger partial charge in [-0.1, -0.05) is 65.9 Å². The summed E-state index contributed by atoms with van der Waals surface area (Å²) in [6.45, 7) is 3.89. The minimum absolute atomic E-state index is 1.07. The van der Waals surface area contributed by atoms with Gasteiger partial charge in [-0.25, -0.2) is 0 Å². The van der Waals surface area contributed by atoms with E-state index in [4.69, 9.17) is 0 Å². The van der Waals surface area contributed by atoms with Crippen molar-refractivity contribution in [2.24, 2.45) is 0 Å². The lowest BCUT2D eigenvalue weighted by Gasteiger charge is -2.10. The molecule has 2 aromatic rings. The summed E-state index contributed by atoms with van der Waals surface area (Å²) in [4.78, 5) is 0. The number of hydrogen-bond donors (Lipinski definition) is 0. The van der Waals surface area contributed by atoms with Gasteiger partial charge in [0.15, 0.2) is 0 Å². The van der Waals surface area contributed by atoms with Crippen molar-refractivity contribution in [3.63, 3.8) is 0 Å². The van der Waals surface area contributed by atoms with E-state index in [1.54, 1.807) is 0 Å². The van der Waals surface area contributed by atoms with Crippen molar-refractivity contribution in [2.45, 2.75) is 5.28 Å². The predicted molar refractivity (Wildman–Crippen MR) is 72.9 cm³/mol. The van der Waals surface area contributed by atoms with Crippen LogP contribution >= 0.6 is 0 Å². The van der Waals surface area contributed by atoms with Crippen LogP contribution in [0.15, 0.2) is 73.3 Å². The maximum Gasteiger partial charge on any atom is 0.349 e. The first-order chi connectivity index (χ1) is 7.92. The van der Waals surface area contributed by atoms with Crippen LogP contribution in [-0.4, -0.2) is 14.1 Å². The Balaban J connectivity index is 2.35. The molecule has 0 atom stereocenters. The number of benzene rings is 2. The highest BCUT2D eigenvalue weighted by Gasteiger charge is 2.19. The fraction of sp³-hybridized carbons (Fsp3) is 0.0667. The lowest BCUT2D eigenvalue weighted by Crippen LogP contribution is -2.41. The zero-order valence-corrected chi connectivity index (χ0v) is 10.5. The van der Waals surface area contributed by atoms with Crippen molar-refractivity contribution in [2.75, 3.05) is 0 Å². The molecule has 0 spiro atoms. The van der Waals surface area contributed by atoms with Gasteiger partial charge in [0, 0.05) is 0 Å². The molecule has 78 valence electrons. The molecule has 0 aliphatic rings. The Kier molecular flexibility index (Phi) is 3.99. The Bertz CT molecular complexity index is 394. The minimum atomic E-state index is -1.07. The van der Waals surface area contributed by atoms with Crippen molar-refractivity contribution in [1.29, 1.82) is 0 Å². The average molecular weight is 222 g/mol. The zero-order valence-electron chi connectivity index (χ0n) is 9.34. The summed E-state index contributed by atoms with van der Waals surface area (Å²) in [6, 6.07) is 21.6. The van der Waals surface area contributed by atoms with E-state index in [1.807, 2.05) is 0 Å². The second-order valence-electron chi connectivity index (χ2n) is 3.90. The third-order valence-corrected chi connectivity index (χ3v) is 5.99. The Morgan fingerprint density at radius 1 is 0.812 bits per heavy atom. The minimum Gasteiger partial charge on any atom is -0.104 e. The third kappa shape index (κ3) is 2.64. The molecule has 0 unspecified atom stereocenters. The maximum atomic E-state index is 3.89. The Labute approximate surface area is 102 Å². The normalized spacial score (nSPS) is 9.75. The third-order valence-electron chi connectivity index (χ3n) is 2.81. The Morgan fingerprint density at radius 2 is 1.25 bits per heavy atom. The number of hydrogen-bond acceptors (Lipinski definition) is 0. The topological polar surface area (TPSA) is 0 Å². The van der Waals surface area contributed by atoms with Crippen molar-refractivity contribution in [3.05, 3.63) is 73.3 Å². The first-order valence-corrected chi connectivity index (χ1v) is 7.59. The van der Waals surface area contributed by atoms with Crippen molar-refractivity contribution >= 4 is 23.0 Å². The van der Waals surface area contributed by atoms with Gasteiger partial charge in [0.1, 0.15) is 0 Å². The SMILES string of the molecule is C=C[CH2][Al]([c]1ccccc1)[c]1ccccc1. The van der Waals surface area contributed by atoms with E-state index in [-0.39, 0.29) is 0 Å². The summed E-state index contributed by atoms with van der Waals surface area (Å²) in [5, 5.41) is 1.12. The maximum absolute atomic E-state index is 3.89. The fourth-order valence-electron chi connectivity index (χ4n) is 2.00. The van der Waals surface area contributed by atoms with Gasteiger partial charge < -0.3 is 0 Å². The molecule has 0 N–H and O–H groups in total. The van der Waals surface area contributed by atoms with E-state index in [1.165, 1.54) is 8.85 Å². The second-order valence-corrected chi connectivity index (χ2v) is 6.81. The van der Waals surface area contributed by atoms with Crippen LogP contribution in [0.4, 0.5) is 0 Å².